The molecule has 98 heavy (non-hydrogen) atoms. The van der Waals surface area contributed by atoms with Crippen LogP contribution in [-0.4, -0.2) is 62.7 Å². The number of aromatic nitrogens is 4. The number of para-hydroxylation sites is 9. The second-order valence-electron chi connectivity index (χ2n) is 29.2. The lowest BCUT2D eigenvalue weighted by Crippen LogP contribution is -2.46. The third kappa shape index (κ3) is 12.9. The van der Waals surface area contributed by atoms with Crippen LogP contribution < -0.4 is 39.2 Å². The third-order valence-corrected chi connectivity index (χ3v) is 21.6. The zero-order valence-electron chi connectivity index (χ0n) is 62.6. The van der Waals surface area contributed by atoms with E-state index in [0.29, 0.717) is 36.6 Å². The monoisotopic (exact) mass is 1310 g/mol. The quantitative estimate of drug-likeness (QED) is 0.145. The Kier molecular flexibility index (Phi) is 20.1. The van der Waals surface area contributed by atoms with Gasteiger partial charge in [0.1, 0.15) is 24.7 Å². The average Bonchev–Trinajstić information content (AvgIpc) is 1.61. The highest BCUT2D eigenvalue weighted by molar-refractivity contribution is 5.92. The smallest absolute Gasteiger partial charge is 0.108 e. The molecule has 0 spiro atoms. The molecule has 0 amide bonds. The lowest BCUT2D eigenvalue weighted by Gasteiger charge is -2.38. The molecule has 2 saturated carbocycles. The molecule has 0 unspecified atom stereocenters. The van der Waals surface area contributed by atoms with Crippen molar-refractivity contribution < 1.29 is 0 Å². The van der Waals surface area contributed by atoms with Crippen LogP contribution in [0.4, 0.5) is 73.9 Å². The number of rotatable bonds is 8. The minimum Gasteiger partial charge on any atom is -0.347 e. The van der Waals surface area contributed by atoms with Gasteiger partial charge in [0.2, 0.25) is 0 Å². The van der Waals surface area contributed by atoms with Crippen molar-refractivity contribution in [1.82, 2.24) is 19.9 Å². The van der Waals surface area contributed by atoms with Crippen LogP contribution in [0.15, 0.2) is 140 Å². The second kappa shape index (κ2) is 28.5. The van der Waals surface area contributed by atoms with Gasteiger partial charge in [-0.3, -0.25) is 19.9 Å². The molecular weight excluding hydrogens is 1200 g/mol. The first-order valence-corrected chi connectivity index (χ1v) is 36.5. The molecule has 12 heteroatoms. The zero-order valence-corrected chi connectivity index (χ0v) is 62.6. The Bertz CT molecular complexity index is 4250. The molecule has 4 atom stereocenters. The first kappa shape index (κ1) is 69.0. The highest BCUT2D eigenvalue weighted by Gasteiger charge is 2.43. The van der Waals surface area contributed by atoms with Crippen LogP contribution in [0.3, 0.4) is 0 Å². The molecule has 15 rings (SSSR count). The van der Waals surface area contributed by atoms with Crippen LogP contribution in [0.2, 0.25) is 0 Å². The number of fused-ring (bicyclic) bond motifs is 4. The summed E-state index contributed by atoms with van der Waals surface area (Å²) in [5.41, 5.74) is 33.4. The van der Waals surface area contributed by atoms with Gasteiger partial charge in [0, 0.05) is 46.6 Å². The van der Waals surface area contributed by atoms with Crippen LogP contribution in [0.25, 0.3) is 0 Å². The van der Waals surface area contributed by atoms with Gasteiger partial charge in [-0.1, -0.05) is 98.8 Å². The first-order valence-electron chi connectivity index (χ1n) is 36.5. The van der Waals surface area contributed by atoms with Gasteiger partial charge in [-0.25, -0.2) is 0 Å². The van der Waals surface area contributed by atoms with Gasteiger partial charge in [0.05, 0.1) is 91.0 Å². The molecule has 6 aliphatic rings. The number of pyridine rings is 4. The zero-order chi connectivity index (χ0) is 69.7. The van der Waals surface area contributed by atoms with Gasteiger partial charge in [-0.15, -0.1) is 0 Å². The fraction of sp³-hybridized carbons (Fsp3) is 0.419. The van der Waals surface area contributed by atoms with Crippen molar-refractivity contribution >= 4 is 73.9 Å². The fourth-order valence-electron chi connectivity index (χ4n) is 18.1. The van der Waals surface area contributed by atoms with Crippen LogP contribution in [0.1, 0.15) is 178 Å². The Morgan fingerprint density at radius 1 is 0.286 bits per heavy atom. The standard InChI is InChI=1S/C24H27N3.C22H29N3.C21H27N3.C19H25N3/c1-15-10-9-11-16(2)23(15)26-20(6)27(22-13-8-7-12-21(22)26)24-17(3)14-18(4)25-19(24)5;1-15-14-16(2)23-17(3)22(15)25-18(4)24(19-10-6-5-7-11-19)20-12-8-9-13-21(20)25;1-14-13-15(2)22-16(3)21(14)24-17(4)23(18-9-5-6-10-18)19-11-7-8-12-20(19)24;1-12(2)21-16(6)22(18-10-8-7-9-17(18)21)19-13(3)11-14(4)20-15(19)5/h7-14,20H,1-6H3;8-9,12-14,18-19H,5-7,10-11H2,1-4H3;7-8,11-13,17-18H,5-6,9-10H2,1-4H3;7-12,16H,1-6H3/t20-;18-;17-;16-/m1111/s1. The van der Waals surface area contributed by atoms with Crippen molar-refractivity contribution in [2.24, 2.45) is 0 Å². The van der Waals surface area contributed by atoms with Gasteiger partial charge in [-0.05, 0) is 270 Å². The van der Waals surface area contributed by atoms with E-state index in [0.717, 1.165) is 45.6 Å². The maximum atomic E-state index is 4.76. The van der Waals surface area contributed by atoms with E-state index in [2.05, 4.69) is 317 Å². The van der Waals surface area contributed by atoms with Gasteiger partial charge in [0.15, 0.2) is 0 Å². The summed E-state index contributed by atoms with van der Waals surface area (Å²) in [6, 6.07) is 52.3. The van der Waals surface area contributed by atoms with E-state index in [9.17, 15) is 0 Å². The van der Waals surface area contributed by atoms with E-state index in [1.54, 1.807) is 0 Å². The topological polar surface area (TPSA) is 77.5 Å². The summed E-state index contributed by atoms with van der Waals surface area (Å²) in [6.07, 6.45) is 13.2. The number of nitrogens with zero attached hydrogens (tertiary/aromatic N) is 12. The molecule has 0 radical (unpaired) electrons. The van der Waals surface area contributed by atoms with E-state index in [-0.39, 0.29) is 6.17 Å². The fourth-order valence-corrected chi connectivity index (χ4v) is 18.1. The Morgan fingerprint density at radius 3 is 0.878 bits per heavy atom. The number of anilines is 13. The molecule has 4 aliphatic heterocycles. The molecule has 512 valence electrons. The Labute approximate surface area is 587 Å². The van der Waals surface area contributed by atoms with E-state index in [1.165, 1.54) is 165 Å². The lowest BCUT2D eigenvalue weighted by molar-refractivity contribution is 0.400. The normalized spacial score (nSPS) is 18.7. The van der Waals surface area contributed by atoms with E-state index < -0.39 is 0 Å². The van der Waals surface area contributed by atoms with Gasteiger partial charge in [0.25, 0.3) is 0 Å². The first-order chi connectivity index (χ1) is 47.0. The Balaban J connectivity index is 0.000000125. The lowest BCUT2D eigenvalue weighted by atomic mass is 9.93. The van der Waals surface area contributed by atoms with Crippen molar-refractivity contribution in [3.8, 4) is 0 Å². The molecule has 2 aliphatic carbocycles. The SMILES string of the molecule is Cc1cc(C)c(N2c3ccccc3N(C(C)C)[C@H]2C)c(C)n1.Cc1cc(C)c(N2c3ccccc3N(C3CCCC3)[C@H]2C)c(C)n1.Cc1cc(C)c(N2c3ccccc3N(C3CCCCC3)[C@H]2C)c(C)n1.Cc1cc(C)c(N2c3ccccc3N(c3c(C)cccc3C)[C@H]2C)c(C)n1. The van der Waals surface area contributed by atoms with Crippen LogP contribution in [-0.2, 0) is 0 Å². The average molecular weight is 1310 g/mol. The van der Waals surface area contributed by atoms with Crippen molar-refractivity contribution in [2.45, 2.75) is 239 Å². The van der Waals surface area contributed by atoms with Crippen molar-refractivity contribution in [3.63, 3.8) is 0 Å². The molecule has 4 aromatic heterocycles. The maximum Gasteiger partial charge on any atom is 0.108 e. The highest BCUT2D eigenvalue weighted by Crippen LogP contribution is 2.53. The predicted octanol–water partition coefficient (Wildman–Crippen LogP) is 21.9. The van der Waals surface area contributed by atoms with Crippen LogP contribution in [0.5, 0.6) is 0 Å². The Morgan fingerprint density at radius 2 is 0.551 bits per heavy atom. The van der Waals surface area contributed by atoms with Gasteiger partial charge >= 0.3 is 0 Å². The summed E-state index contributed by atoms with van der Waals surface area (Å²) in [6.45, 7) is 43.8. The summed E-state index contributed by atoms with van der Waals surface area (Å²) < 4.78 is 0. The maximum absolute atomic E-state index is 4.76. The number of aryl methyl sites for hydroxylation is 14. The molecule has 2 fully saturated rings. The molecule has 9 aromatic rings. The summed E-state index contributed by atoms with van der Waals surface area (Å²) in [7, 11) is 0. The summed E-state index contributed by atoms with van der Waals surface area (Å²) in [4.78, 5) is 39.1. The van der Waals surface area contributed by atoms with Crippen LogP contribution in [0, 0.1) is 96.9 Å². The highest BCUT2D eigenvalue weighted by atomic mass is 15.5. The molecule has 0 saturated heterocycles. The largest absolute Gasteiger partial charge is 0.347 e. The molecule has 0 N–H and O–H groups in total. The minimum absolute atomic E-state index is 0.170. The molecular formula is C86H108N12. The third-order valence-electron chi connectivity index (χ3n) is 21.6. The predicted molar refractivity (Wildman–Crippen MR) is 416 cm³/mol. The Hall–Kier alpha value is -8.90. The number of benzene rings is 5. The second-order valence-corrected chi connectivity index (χ2v) is 29.2. The molecule has 8 heterocycles. The summed E-state index contributed by atoms with van der Waals surface area (Å²) in [5, 5.41) is 0. The molecule has 5 aromatic carbocycles. The van der Waals surface area contributed by atoms with Crippen LogP contribution >= 0.6 is 0 Å². The van der Waals surface area contributed by atoms with E-state index in [1.807, 2.05) is 0 Å². The van der Waals surface area contributed by atoms with E-state index >= 15 is 0 Å². The number of hydrogen-bond acceptors (Lipinski definition) is 12. The molecule has 0 bridgehead atoms. The van der Waals surface area contributed by atoms with Crippen molar-refractivity contribution in [1.29, 1.82) is 0 Å². The molecule has 12 nitrogen and oxygen atoms in total. The van der Waals surface area contributed by atoms with Crippen molar-refractivity contribution in [2.75, 3.05) is 39.2 Å². The van der Waals surface area contributed by atoms with E-state index in [4.69, 9.17) is 19.9 Å². The summed E-state index contributed by atoms with van der Waals surface area (Å²) in [5.74, 6) is 0. The van der Waals surface area contributed by atoms with Crippen molar-refractivity contribution in [3.05, 3.63) is 218 Å². The summed E-state index contributed by atoms with van der Waals surface area (Å²) >= 11 is 0. The number of hydrogen-bond donors (Lipinski definition) is 0. The van der Waals surface area contributed by atoms with Gasteiger partial charge < -0.3 is 39.2 Å². The van der Waals surface area contributed by atoms with Gasteiger partial charge in [-0.2, -0.15) is 0 Å². The minimum atomic E-state index is 0.170.